The largest absolute Gasteiger partial charge is 0.328 e. The van der Waals surface area contributed by atoms with E-state index in [1.54, 1.807) is 6.92 Å². The van der Waals surface area contributed by atoms with Crippen LogP contribution >= 0.6 is 0 Å². The molecule has 1 aliphatic carbocycles. The SMILES string of the molecule is CCCS(=O)(=O)O.NC1CCCCC1.[HH]. The Morgan fingerprint density at radius 1 is 1.36 bits per heavy atom. The van der Waals surface area contributed by atoms with E-state index in [0.29, 0.717) is 12.5 Å². The van der Waals surface area contributed by atoms with Crippen molar-refractivity contribution in [3.8, 4) is 0 Å². The Kier molecular flexibility index (Phi) is 7.13. The molecule has 3 N–H and O–H groups in total. The molecule has 0 bridgehead atoms. The molecule has 4 nitrogen and oxygen atoms in total. The fraction of sp³-hybridized carbons (Fsp3) is 1.00. The molecule has 0 aromatic carbocycles. The molecule has 1 aliphatic rings. The molecule has 1 saturated carbocycles. The van der Waals surface area contributed by atoms with Gasteiger partial charge in [-0.05, 0) is 19.3 Å². The smallest absolute Gasteiger partial charge is 0.264 e. The van der Waals surface area contributed by atoms with Crippen LogP contribution in [0.5, 0.6) is 0 Å². The lowest BCUT2D eigenvalue weighted by Crippen LogP contribution is -2.22. The Balaban J connectivity index is 0. The van der Waals surface area contributed by atoms with Gasteiger partial charge in [0.15, 0.2) is 0 Å². The van der Waals surface area contributed by atoms with Gasteiger partial charge in [0, 0.05) is 7.47 Å². The molecule has 5 heteroatoms. The second-order valence-corrected chi connectivity index (χ2v) is 5.26. The molecule has 0 aromatic heterocycles. The van der Waals surface area contributed by atoms with E-state index < -0.39 is 10.1 Å². The second kappa shape index (κ2) is 7.20. The highest BCUT2D eigenvalue weighted by atomic mass is 32.2. The van der Waals surface area contributed by atoms with Crippen LogP contribution in [-0.4, -0.2) is 24.8 Å². The lowest BCUT2D eigenvalue weighted by Gasteiger charge is -2.15. The topological polar surface area (TPSA) is 80.4 Å². The van der Waals surface area contributed by atoms with Gasteiger partial charge in [-0.2, -0.15) is 8.42 Å². The summed E-state index contributed by atoms with van der Waals surface area (Å²) >= 11 is 0. The lowest BCUT2D eigenvalue weighted by atomic mass is 9.97. The van der Waals surface area contributed by atoms with Crippen molar-refractivity contribution < 1.29 is 14.4 Å². The first-order chi connectivity index (χ1) is 6.45. The zero-order chi connectivity index (χ0) is 11.0. The van der Waals surface area contributed by atoms with Crippen molar-refractivity contribution in [3.63, 3.8) is 0 Å². The van der Waals surface area contributed by atoms with E-state index in [0.717, 1.165) is 0 Å². The summed E-state index contributed by atoms with van der Waals surface area (Å²) in [7, 11) is -3.67. The van der Waals surface area contributed by atoms with Crippen LogP contribution in [0.15, 0.2) is 0 Å². The van der Waals surface area contributed by atoms with E-state index in [2.05, 4.69) is 0 Å². The van der Waals surface area contributed by atoms with Crippen LogP contribution in [0.4, 0.5) is 0 Å². The normalized spacial score (nSPS) is 18.5. The van der Waals surface area contributed by atoms with Gasteiger partial charge < -0.3 is 5.73 Å². The minimum Gasteiger partial charge on any atom is -0.328 e. The zero-order valence-electron chi connectivity index (χ0n) is 8.78. The molecule has 0 saturated heterocycles. The van der Waals surface area contributed by atoms with Crippen molar-refractivity contribution in [3.05, 3.63) is 0 Å². The van der Waals surface area contributed by atoms with Crippen molar-refractivity contribution in [2.24, 2.45) is 5.73 Å². The minimum absolute atomic E-state index is 0. The van der Waals surface area contributed by atoms with Gasteiger partial charge in [0.1, 0.15) is 0 Å². The molecular formula is C9H23NO3S. The summed E-state index contributed by atoms with van der Waals surface area (Å²) < 4.78 is 27.6. The Labute approximate surface area is 88.1 Å². The van der Waals surface area contributed by atoms with Crippen molar-refractivity contribution in [2.75, 3.05) is 5.75 Å². The molecule has 0 atom stereocenters. The molecule has 88 valence electrons. The van der Waals surface area contributed by atoms with Gasteiger partial charge in [0.05, 0.1) is 5.75 Å². The Morgan fingerprint density at radius 3 is 2.00 bits per heavy atom. The van der Waals surface area contributed by atoms with Gasteiger partial charge in [-0.15, -0.1) is 0 Å². The molecule has 0 spiro atoms. The first-order valence-electron chi connectivity index (χ1n) is 5.16. The summed E-state index contributed by atoms with van der Waals surface area (Å²) in [5, 5.41) is 0. The first-order valence-corrected chi connectivity index (χ1v) is 6.77. The molecule has 0 heterocycles. The summed E-state index contributed by atoms with van der Waals surface area (Å²) in [5.74, 6) is -0.132. The van der Waals surface area contributed by atoms with Gasteiger partial charge in [0.25, 0.3) is 10.1 Å². The predicted octanol–water partition coefficient (Wildman–Crippen LogP) is 1.81. The highest BCUT2D eigenvalue weighted by Gasteiger charge is 2.06. The zero-order valence-corrected chi connectivity index (χ0v) is 9.59. The van der Waals surface area contributed by atoms with Gasteiger partial charge in [-0.3, -0.25) is 4.55 Å². The average molecular weight is 225 g/mol. The molecule has 1 rings (SSSR count). The number of hydrogen-bond donors (Lipinski definition) is 2. The Hall–Kier alpha value is -0.130. The summed E-state index contributed by atoms with van der Waals surface area (Å²) in [4.78, 5) is 0. The number of hydrogen-bond acceptors (Lipinski definition) is 3. The van der Waals surface area contributed by atoms with E-state index in [-0.39, 0.29) is 7.18 Å². The first kappa shape index (κ1) is 13.9. The van der Waals surface area contributed by atoms with E-state index in [1.165, 1.54) is 32.1 Å². The predicted molar refractivity (Wildman–Crippen MR) is 59.9 cm³/mol. The minimum atomic E-state index is -3.67. The highest BCUT2D eigenvalue weighted by molar-refractivity contribution is 7.85. The van der Waals surface area contributed by atoms with Crippen LogP contribution in [0.1, 0.15) is 46.9 Å². The van der Waals surface area contributed by atoms with Gasteiger partial charge in [0.2, 0.25) is 0 Å². The monoisotopic (exact) mass is 225 g/mol. The van der Waals surface area contributed by atoms with Crippen LogP contribution in [0.2, 0.25) is 0 Å². The maximum atomic E-state index is 9.79. The van der Waals surface area contributed by atoms with Crippen molar-refractivity contribution in [1.29, 1.82) is 0 Å². The standard InChI is InChI=1S/C6H13N.C3H8O3S.H2/c7-6-4-2-1-3-5-6;1-2-3-7(4,5)6;/h6H,1-5,7H2;2-3H2,1H3,(H,4,5,6);1H. The van der Waals surface area contributed by atoms with Crippen LogP contribution < -0.4 is 5.73 Å². The Bertz CT molecular complexity index is 226. The van der Waals surface area contributed by atoms with Crippen LogP contribution in [0, 0.1) is 0 Å². The molecule has 0 amide bonds. The Morgan fingerprint density at radius 2 is 1.86 bits per heavy atom. The fourth-order valence-electron chi connectivity index (χ4n) is 1.39. The molecule has 0 unspecified atom stereocenters. The molecule has 0 aliphatic heterocycles. The molecule has 0 radical (unpaired) electrons. The third-order valence-corrected chi connectivity index (χ3v) is 3.04. The molecule has 1 fully saturated rings. The van der Waals surface area contributed by atoms with E-state index in [9.17, 15) is 8.42 Å². The third kappa shape index (κ3) is 9.95. The summed E-state index contributed by atoms with van der Waals surface area (Å²) in [6.45, 7) is 1.69. The maximum absolute atomic E-state index is 9.79. The van der Waals surface area contributed by atoms with Gasteiger partial charge in [-0.25, -0.2) is 0 Å². The number of nitrogens with two attached hydrogens (primary N) is 1. The number of rotatable bonds is 2. The van der Waals surface area contributed by atoms with Crippen molar-refractivity contribution >= 4 is 10.1 Å². The van der Waals surface area contributed by atoms with E-state index >= 15 is 0 Å². The second-order valence-electron chi connectivity index (χ2n) is 3.68. The van der Waals surface area contributed by atoms with Crippen LogP contribution in [0.25, 0.3) is 0 Å². The van der Waals surface area contributed by atoms with E-state index in [1.807, 2.05) is 0 Å². The average Bonchev–Trinajstić information content (AvgIpc) is 2.04. The maximum Gasteiger partial charge on any atom is 0.264 e. The lowest BCUT2D eigenvalue weighted by molar-refractivity contribution is 0.441. The van der Waals surface area contributed by atoms with Gasteiger partial charge in [-0.1, -0.05) is 26.2 Å². The van der Waals surface area contributed by atoms with Gasteiger partial charge >= 0.3 is 0 Å². The van der Waals surface area contributed by atoms with Crippen molar-refractivity contribution in [1.82, 2.24) is 0 Å². The third-order valence-electron chi connectivity index (χ3n) is 2.11. The fourth-order valence-corrected chi connectivity index (χ4v) is 1.91. The van der Waals surface area contributed by atoms with E-state index in [4.69, 9.17) is 10.3 Å². The van der Waals surface area contributed by atoms with Crippen molar-refractivity contribution in [2.45, 2.75) is 51.5 Å². The molecular weight excluding hydrogens is 202 g/mol. The summed E-state index contributed by atoms with van der Waals surface area (Å²) in [6, 6.07) is 0.536. The van der Waals surface area contributed by atoms with Crippen LogP contribution in [-0.2, 0) is 10.1 Å². The summed E-state index contributed by atoms with van der Waals surface area (Å²) in [6.07, 6.45) is 7.13. The van der Waals surface area contributed by atoms with Crippen LogP contribution in [0.3, 0.4) is 0 Å². The molecule has 14 heavy (non-hydrogen) atoms. The highest BCUT2D eigenvalue weighted by Crippen LogP contribution is 2.14. The molecule has 0 aromatic rings. The summed E-state index contributed by atoms with van der Waals surface area (Å²) in [5.41, 5.74) is 5.63. The quantitative estimate of drug-likeness (QED) is 0.702.